The largest absolute Gasteiger partial charge is 0.496 e. The van der Waals surface area contributed by atoms with Gasteiger partial charge in [-0.25, -0.2) is 4.79 Å². The third kappa shape index (κ3) is 5.67. The highest BCUT2D eigenvalue weighted by Crippen LogP contribution is 2.40. The number of benzene rings is 3. The lowest BCUT2D eigenvalue weighted by molar-refractivity contribution is -0.139. The van der Waals surface area contributed by atoms with E-state index in [-0.39, 0.29) is 33.3 Å². The number of carbonyl (C=O) groups is 3. The van der Waals surface area contributed by atoms with Gasteiger partial charge in [-0.15, -0.1) is 0 Å². The maximum Gasteiger partial charge on any atom is 0.326 e. The quantitative estimate of drug-likeness (QED) is 0.390. The predicted molar refractivity (Wildman–Crippen MR) is 133 cm³/mol. The molecule has 2 amide bonds. The normalized spacial score (nSPS) is 11.4. The van der Waals surface area contributed by atoms with E-state index in [1.807, 2.05) is 0 Å². The third-order valence-corrected chi connectivity index (χ3v) is 5.91. The van der Waals surface area contributed by atoms with E-state index >= 15 is 0 Å². The highest BCUT2D eigenvalue weighted by atomic mass is 35.5. The van der Waals surface area contributed by atoms with Gasteiger partial charge in [-0.2, -0.15) is 0 Å². The van der Waals surface area contributed by atoms with Gasteiger partial charge in [-0.1, -0.05) is 53.5 Å². The highest BCUT2D eigenvalue weighted by molar-refractivity contribution is 6.39. The number of carboxylic acid groups (broad SMARTS) is 1. The van der Waals surface area contributed by atoms with Crippen LogP contribution < -0.4 is 20.5 Å². The Morgan fingerprint density at radius 3 is 2.11 bits per heavy atom. The van der Waals surface area contributed by atoms with Crippen LogP contribution in [-0.2, 0) is 11.2 Å². The van der Waals surface area contributed by atoms with Crippen molar-refractivity contribution in [3.63, 3.8) is 0 Å². The Labute approximate surface area is 211 Å². The van der Waals surface area contributed by atoms with Crippen molar-refractivity contribution in [1.82, 2.24) is 5.32 Å². The van der Waals surface area contributed by atoms with Gasteiger partial charge in [0.15, 0.2) is 0 Å². The molecule has 182 valence electrons. The predicted octanol–water partition coefficient (Wildman–Crippen LogP) is 4.20. The molecule has 3 rings (SSSR count). The first-order valence-electron chi connectivity index (χ1n) is 10.3. The lowest BCUT2D eigenvalue weighted by atomic mass is 9.97. The van der Waals surface area contributed by atoms with Crippen molar-refractivity contribution in [2.24, 2.45) is 5.73 Å². The number of carbonyl (C=O) groups excluding carboxylic acids is 2. The van der Waals surface area contributed by atoms with Gasteiger partial charge in [0, 0.05) is 6.42 Å². The molecule has 0 spiro atoms. The number of rotatable bonds is 9. The zero-order valence-corrected chi connectivity index (χ0v) is 20.3. The summed E-state index contributed by atoms with van der Waals surface area (Å²) in [6.07, 6.45) is -0.000972. The minimum absolute atomic E-state index is 0.000972. The topological polar surface area (TPSA) is 128 Å². The summed E-state index contributed by atoms with van der Waals surface area (Å²) in [7, 11) is 2.91. The van der Waals surface area contributed by atoms with E-state index in [4.69, 9.17) is 38.4 Å². The summed E-state index contributed by atoms with van der Waals surface area (Å²) < 4.78 is 10.9. The molecule has 0 unspecified atom stereocenters. The molecule has 0 aliphatic rings. The van der Waals surface area contributed by atoms with Crippen LogP contribution in [0.25, 0.3) is 11.1 Å². The number of carboxylic acids is 1. The van der Waals surface area contributed by atoms with E-state index in [1.54, 1.807) is 36.4 Å². The van der Waals surface area contributed by atoms with Gasteiger partial charge in [-0.05, 0) is 35.4 Å². The van der Waals surface area contributed by atoms with E-state index in [0.717, 1.165) is 0 Å². The molecule has 0 aromatic heterocycles. The number of hydrogen-bond acceptors (Lipinski definition) is 5. The van der Waals surface area contributed by atoms with Crippen LogP contribution in [0.5, 0.6) is 11.5 Å². The zero-order valence-electron chi connectivity index (χ0n) is 18.8. The van der Waals surface area contributed by atoms with Crippen LogP contribution in [0.3, 0.4) is 0 Å². The number of halogens is 2. The summed E-state index contributed by atoms with van der Waals surface area (Å²) >= 11 is 12.1. The lowest BCUT2D eigenvalue weighted by Crippen LogP contribution is -2.42. The average molecular weight is 517 g/mol. The highest BCUT2D eigenvalue weighted by Gasteiger charge is 2.24. The van der Waals surface area contributed by atoms with Gasteiger partial charge in [0.25, 0.3) is 11.8 Å². The minimum atomic E-state index is -1.23. The second kappa shape index (κ2) is 11.1. The zero-order chi connectivity index (χ0) is 25.7. The van der Waals surface area contributed by atoms with Crippen molar-refractivity contribution in [3.8, 4) is 22.6 Å². The number of nitrogens with one attached hydrogen (secondary N) is 1. The fraction of sp³-hybridized carbons (Fsp3) is 0.160. The number of ether oxygens (including phenoxy) is 2. The smallest absolute Gasteiger partial charge is 0.326 e. The van der Waals surface area contributed by atoms with E-state index < -0.39 is 23.8 Å². The Morgan fingerprint density at radius 2 is 1.60 bits per heavy atom. The molecule has 35 heavy (non-hydrogen) atoms. The van der Waals surface area contributed by atoms with Crippen LogP contribution >= 0.6 is 23.2 Å². The van der Waals surface area contributed by atoms with E-state index in [1.165, 1.54) is 32.4 Å². The molecule has 3 aromatic carbocycles. The molecule has 3 aromatic rings. The number of methoxy groups -OCH3 is 2. The molecule has 0 heterocycles. The van der Waals surface area contributed by atoms with Crippen LogP contribution in [0.1, 0.15) is 26.3 Å². The third-order valence-electron chi connectivity index (χ3n) is 5.28. The second-order valence-corrected chi connectivity index (χ2v) is 8.26. The Morgan fingerprint density at radius 1 is 0.971 bits per heavy atom. The van der Waals surface area contributed by atoms with Crippen molar-refractivity contribution in [1.29, 1.82) is 0 Å². The maximum absolute atomic E-state index is 12.6. The fourth-order valence-electron chi connectivity index (χ4n) is 3.60. The van der Waals surface area contributed by atoms with E-state index in [0.29, 0.717) is 22.4 Å². The van der Waals surface area contributed by atoms with E-state index in [2.05, 4.69) is 5.32 Å². The maximum atomic E-state index is 12.6. The summed E-state index contributed by atoms with van der Waals surface area (Å²) in [6, 6.07) is 13.3. The minimum Gasteiger partial charge on any atom is -0.496 e. The van der Waals surface area contributed by atoms with Crippen LogP contribution in [0.4, 0.5) is 0 Å². The van der Waals surface area contributed by atoms with Gasteiger partial charge in [-0.3, -0.25) is 9.59 Å². The molecule has 1 atom stereocenters. The molecular weight excluding hydrogens is 495 g/mol. The summed E-state index contributed by atoms with van der Waals surface area (Å²) in [5, 5.41) is 12.4. The van der Waals surface area contributed by atoms with Crippen molar-refractivity contribution in [3.05, 3.63) is 81.3 Å². The molecule has 10 heteroatoms. The van der Waals surface area contributed by atoms with Gasteiger partial charge in [0.1, 0.15) is 17.5 Å². The molecule has 0 radical (unpaired) electrons. The first-order valence-corrected chi connectivity index (χ1v) is 11.0. The lowest BCUT2D eigenvalue weighted by Gasteiger charge is -2.18. The molecule has 0 saturated carbocycles. The number of primary amides is 1. The summed E-state index contributed by atoms with van der Waals surface area (Å²) in [5.41, 5.74) is 7.48. The summed E-state index contributed by atoms with van der Waals surface area (Å²) in [5.74, 6) is -1.84. The van der Waals surface area contributed by atoms with Crippen molar-refractivity contribution < 1.29 is 29.0 Å². The standard InChI is InChI=1S/C25H22Cl2N2O6/c1-34-19-11-10-15(23(28)30)22(35-2)20(19)14-8-6-13(7-9-14)12-18(25(32)33)29-24(31)21-16(26)4-3-5-17(21)27/h3-11,18H,12H2,1-2H3,(H2,28,30)(H,29,31)(H,32,33)/t18-/m0/s1. The van der Waals surface area contributed by atoms with Crippen LogP contribution in [0.2, 0.25) is 10.0 Å². The van der Waals surface area contributed by atoms with Gasteiger partial charge < -0.3 is 25.6 Å². The van der Waals surface area contributed by atoms with E-state index in [9.17, 15) is 19.5 Å². The number of nitrogens with two attached hydrogens (primary N) is 1. The Hall–Kier alpha value is -3.75. The van der Waals surface area contributed by atoms with Crippen LogP contribution in [0, 0.1) is 0 Å². The van der Waals surface area contributed by atoms with Crippen LogP contribution in [0.15, 0.2) is 54.6 Å². The molecule has 0 saturated heterocycles. The Balaban J connectivity index is 1.88. The van der Waals surface area contributed by atoms with Crippen molar-refractivity contribution in [2.45, 2.75) is 12.5 Å². The SMILES string of the molecule is COc1ccc(C(N)=O)c(OC)c1-c1ccc(C[C@H](NC(=O)c2c(Cl)cccc2Cl)C(=O)O)cc1. The monoisotopic (exact) mass is 516 g/mol. The van der Waals surface area contributed by atoms with Crippen LogP contribution in [-0.4, -0.2) is 43.2 Å². The molecule has 8 nitrogen and oxygen atoms in total. The molecule has 0 fully saturated rings. The number of amides is 2. The Bertz CT molecular complexity index is 1260. The number of hydrogen-bond donors (Lipinski definition) is 3. The van der Waals surface area contributed by atoms with Gasteiger partial charge in [0.05, 0.1) is 41.0 Å². The summed E-state index contributed by atoms with van der Waals surface area (Å²) in [6.45, 7) is 0. The molecule has 0 aliphatic heterocycles. The molecule has 0 bridgehead atoms. The first kappa shape index (κ1) is 25.9. The summed E-state index contributed by atoms with van der Waals surface area (Å²) in [4.78, 5) is 36.3. The molecule has 0 aliphatic carbocycles. The fourth-order valence-corrected chi connectivity index (χ4v) is 4.17. The number of aliphatic carboxylic acids is 1. The molecule has 4 N–H and O–H groups in total. The van der Waals surface area contributed by atoms with Crippen molar-refractivity contribution >= 4 is 41.0 Å². The van der Waals surface area contributed by atoms with Gasteiger partial charge >= 0.3 is 5.97 Å². The van der Waals surface area contributed by atoms with Gasteiger partial charge in [0.2, 0.25) is 0 Å². The second-order valence-electron chi connectivity index (χ2n) is 7.45. The Kier molecular flexibility index (Phi) is 8.22. The first-order chi connectivity index (χ1) is 16.7. The van der Waals surface area contributed by atoms with Crippen molar-refractivity contribution in [2.75, 3.05) is 14.2 Å². The average Bonchev–Trinajstić information content (AvgIpc) is 2.82. The molecular formula is C25H22Cl2N2O6.